The first-order chi connectivity index (χ1) is 6.02. The van der Waals surface area contributed by atoms with Crippen molar-refractivity contribution in [1.82, 2.24) is 0 Å². The van der Waals surface area contributed by atoms with E-state index in [-0.39, 0.29) is 5.75 Å². The van der Waals surface area contributed by atoms with Crippen LogP contribution in [0, 0.1) is 0 Å². The van der Waals surface area contributed by atoms with Crippen molar-refractivity contribution in [3.63, 3.8) is 0 Å². The standard InChI is InChI=1S/C9H9ClO3/c1-5(9(12)13)7-4-6(10)2-3-8(7)11/h2-5,11H,1H3,(H,12,13). The van der Waals surface area contributed by atoms with Crippen molar-refractivity contribution in [2.75, 3.05) is 0 Å². The van der Waals surface area contributed by atoms with E-state index < -0.39 is 11.9 Å². The van der Waals surface area contributed by atoms with Gasteiger partial charge in [0, 0.05) is 10.6 Å². The Bertz CT molecular complexity index is 336. The minimum Gasteiger partial charge on any atom is -0.508 e. The molecule has 0 spiro atoms. The number of hydrogen-bond donors (Lipinski definition) is 2. The van der Waals surface area contributed by atoms with E-state index in [1.165, 1.54) is 25.1 Å². The van der Waals surface area contributed by atoms with E-state index in [9.17, 15) is 9.90 Å². The van der Waals surface area contributed by atoms with Gasteiger partial charge in [-0.2, -0.15) is 0 Å². The molecule has 0 amide bonds. The predicted molar refractivity (Wildman–Crippen MR) is 49.2 cm³/mol. The Morgan fingerprint density at radius 2 is 2.15 bits per heavy atom. The molecule has 0 aliphatic carbocycles. The van der Waals surface area contributed by atoms with Gasteiger partial charge in [-0.3, -0.25) is 4.79 Å². The molecule has 0 aromatic heterocycles. The monoisotopic (exact) mass is 200 g/mol. The summed E-state index contributed by atoms with van der Waals surface area (Å²) < 4.78 is 0. The highest BCUT2D eigenvalue weighted by atomic mass is 35.5. The summed E-state index contributed by atoms with van der Waals surface area (Å²) in [4.78, 5) is 10.6. The third-order valence-corrected chi connectivity index (χ3v) is 2.06. The molecule has 1 atom stereocenters. The second kappa shape index (κ2) is 3.66. The van der Waals surface area contributed by atoms with Gasteiger partial charge in [0.1, 0.15) is 5.75 Å². The highest BCUT2D eigenvalue weighted by Crippen LogP contribution is 2.28. The van der Waals surface area contributed by atoms with Crippen LogP contribution in [0.1, 0.15) is 18.4 Å². The topological polar surface area (TPSA) is 57.5 Å². The first kappa shape index (κ1) is 9.86. The number of phenolic OH excluding ortho intramolecular Hbond substituents is 1. The Morgan fingerprint density at radius 3 is 2.69 bits per heavy atom. The number of aliphatic carboxylic acids is 1. The zero-order valence-electron chi connectivity index (χ0n) is 6.99. The van der Waals surface area contributed by atoms with Crippen LogP contribution in [0.2, 0.25) is 5.02 Å². The van der Waals surface area contributed by atoms with Crippen LogP contribution in [0.5, 0.6) is 5.75 Å². The van der Waals surface area contributed by atoms with Gasteiger partial charge in [0.25, 0.3) is 0 Å². The number of rotatable bonds is 2. The maximum Gasteiger partial charge on any atom is 0.310 e. The fourth-order valence-corrected chi connectivity index (χ4v) is 1.19. The van der Waals surface area contributed by atoms with E-state index in [0.29, 0.717) is 10.6 Å². The molecule has 0 fully saturated rings. The van der Waals surface area contributed by atoms with Crippen molar-refractivity contribution in [3.8, 4) is 5.75 Å². The summed E-state index contributed by atoms with van der Waals surface area (Å²) in [5.41, 5.74) is 0.333. The second-order valence-corrected chi connectivity index (χ2v) is 3.20. The first-order valence-electron chi connectivity index (χ1n) is 3.73. The summed E-state index contributed by atoms with van der Waals surface area (Å²) in [6.45, 7) is 1.49. The Hall–Kier alpha value is -1.22. The molecule has 3 nitrogen and oxygen atoms in total. The van der Waals surface area contributed by atoms with Crippen molar-refractivity contribution in [1.29, 1.82) is 0 Å². The van der Waals surface area contributed by atoms with Crippen LogP contribution in [0.15, 0.2) is 18.2 Å². The van der Waals surface area contributed by atoms with E-state index in [1.54, 1.807) is 0 Å². The number of benzene rings is 1. The Balaban J connectivity index is 3.12. The lowest BCUT2D eigenvalue weighted by molar-refractivity contribution is -0.138. The lowest BCUT2D eigenvalue weighted by atomic mass is 10.0. The van der Waals surface area contributed by atoms with Gasteiger partial charge in [-0.05, 0) is 25.1 Å². The maximum atomic E-state index is 10.6. The second-order valence-electron chi connectivity index (χ2n) is 2.76. The highest BCUT2D eigenvalue weighted by molar-refractivity contribution is 6.30. The normalized spacial score (nSPS) is 12.5. The SMILES string of the molecule is CC(C(=O)O)c1cc(Cl)ccc1O. The zero-order chi connectivity index (χ0) is 10.0. The number of hydrogen-bond acceptors (Lipinski definition) is 2. The average Bonchev–Trinajstić information content (AvgIpc) is 2.08. The lowest BCUT2D eigenvalue weighted by Gasteiger charge is -2.08. The molecule has 4 heteroatoms. The van der Waals surface area contributed by atoms with Crippen molar-refractivity contribution in [2.45, 2.75) is 12.8 Å². The van der Waals surface area contributed by atoms with Crippen LogP contribution in [0.3, 0.4) is 0 Å². The number of carbonyl (C=O) groups is 1. The van der Waals surface area contributed by atoms with E-state index >= 15 is 0 Å². The van der Waals surface area contributed by atoms with Crippen molar-refractivity contribution in [2.24, 2.45) is 0 Å². The molecule has 0 bridgehead atoms. The molecule has 70 valence electrons. The van der Waals surface area contributed by atoms with E-state index in [1.807, 2.05) is 0 Å². The highest BCUT2D eigenvalue weighted by Gasteiger charge is 2.17. The van der Waals surface area contributed by atoms with E-state index in [4.69, 9.17) is 16.7 Å². The number of halogens is 1. The van der Waals surface area contributed by atoms with Crippen LogP contribution >= 0.6 is 11.6 Å². The maximum absolute atomic E-state index is 10.6. The lowest BCUT2D eigenvalue weighted by Crippen LogP contribution is -2.07. The molecule has 13 heavy (non-hydrogen) atoms. The van der Waals surface area contributed by atoms with E-state index in [0.717, 1.165) is 0 Å². The smallest absolute Gasteiger partial charge is 0.310 e. The fourth-order valence-electron chi connectivity index (χ4n) is 1.01. The average molecular weight is 201 g/mol. The molecule has 2 N–H and O–H groups in total. The minimum absolute atomic E-state index is 0.0423. The molecule has 0 radical (unpaired) electrons. The third-order valence-electron chi connectivity index (χ3n) is 1.83. The summed E-state index contributed by atoms with van der Waals surface area (Å²) in [6.07, 6.45) is 0. The van der Waals surface area contributed by atoms with Crippen LogP contribution < -0.4 is 0 Å². The molecule has 0 heterocycles. The minimum atomic E-state index is -0.988. The van der Waals surface area contributed by atoms with Gasteiger partial charge in [0.05, 0.1) is 5.92 Å². The summed E-state index contributed by atoms with van der Waals surface area (Å²) in [5, 5.41) is 18.4. The molecule has 1 aromatic carbocycles. The largest absolute Gasteiger partial charge is 0.508 e. The number of phenols is 1. The zero-order valence-corrected chi connectivity index (χ0v) is 7.75. The number of carboxylic acid groups (broad SMARTS) is 1. The van der Waals surface area contributed by atoms with Gasteiger partial charge in [-0.15, -0.1) is 0 Å². The van der Waals surface area contributed by atoms with Gasteiger partial charge in [-0.25, -0.2) is 0 Å². The molecule has 0 saturated carbocycles. The Kier molecular flexibility index (Phi) is 2.78. The molecule has 1 rings (SSSR count). The summed E-state index contributed by atoms with van der Waals surface area (Å²) in [5.74, 6) is -1.78. The third kappa shape index (κ3) is 2.12. The van der Waals surface area contributed by atoms with Gasteiger partial charge >= 0.3 is 5.97 Å². The molecule has 1 unspecified atom stereocenters. The van der Waals surface area contributed by atoms with Crippen LogP contribution in [0.4, 0.5) is 0 Å². The van der Waals surface area contributed by atoms with Gasteiger partial charge < -0.3 is 10.2 Å². The Labute approximate surface area is 80.6 Å². The molecule has 1 aromatic rings. The molecular formula is C9H9ClO3. The van der Waals surface area contributed by atoms with Crippen LogP contribution in [0.25, 0.3) is 0 Å². The van der Waals surface area contributed by atoms with Gasteiger partial charge in [0.15, 0.2) is 0 Å². The molecular weight excluding hydrogens is 192 g/mol. The summed E-state index contributed by atoms with van der Waals surface area (Å²) >= 11 is 5.66. The summed E-state index contributed by atoms with van der Waals surface area (Å²) in [7, 11) is 0. The molecule has 0 aliphatic rings. The fraction of sp³-hybridized carbons (Fsp3) is 0.222. The van der Waals surface area contributed by atoms with Gasteiger partial charge in [-0.1, -0.05) is 11.6 Å². The first-order valence-corrected chi connectivity index (χ1v) is 4.11. The van der Waals surface area contributed by atoms with Gasteiger partial charge in [0.2, 0.25) is 0 Å². The van der Waals surface area contributed by atoms with Crippen LogP contribution in [-0.4, -0.2) is 16.2 Å². The molecule has 0 saturated heterocycles. The molecule has 0 aliphatic heterocycles. The van der Waals surface area contributed by atoms with E-state index in [2.05, 4.69) is 0 Å². The number of aromatic hydroxyl groups is 1. The predicted octanol–water partition coefficient (Wildman–Crippen LogP) is 2.23. The van der Waals surface area contributed by atoms with Crippen molar-refractivity contribution >= 4 is 17.6 Å². The Morgan fingerprint density at radius 1 is 1.54 bits per heavy atom. The van der Waals surface area contributed by atoms with Crippen molar-refractivity contribution in [3.05, 3.63) is 28.8 Å². The van der Waals surface area contributed by atoms with Crippen molar-refractivity contribution < 1.29 is 15.0 Å². The quantitative estimate of drug-likeness (QED) is 0.770. The number of carboxylic acids is 1. The van der Waals surface area contributed by atoms with Crippen LogP contribution in [-0.2, 0) is 4.79 Å². The summed E-state index contributed by atoms with van der Waals surface area (Å²) in [6, 6.07) is 4.35.